The fraction of sp³-hybridized carbons (Fsp3) is 0.333. The highest BCUT2D eigenvalue weighted by Gasteiger charge is 2.20. The fourth-order valence-corrected chi connectivity index (χ4v) is 4.96. The molecule has 0 amide bonds. The smallest absolute Gasteiger partial charge is 0.354 e. The van der Waals surface area contributed by atoms with Gasteiger partial charge in [-0.3, -0.25) is 9.25 Å². The van der Waals surface area contributed by atoms with Crippen molar-refractivity contribution >= 4 is 13.7 Å². The normalized spacial score (nSPS) is 11.8. The van der Waals surface area contributed by atoms with Gasteiger partial charge in [0.05, 0.1) is 32.2 Å². The Labute approximate surface area is 226 Å². The minimum absolute atomic E-state index is 0.194. The molecule has 0 radical (unpaired) electrons. The summed E-state index contributed by atoms with van der Waals surface area (Å²) in [6.45, 7) is 6.29. The zero-order chi connectivity index (χ0) is 27.8. The van der Waals surface area contributed by atoms with Crippen LogP contribution in [0.5, 0.6) is 17.4 Å². The summed E-state index contributed by atoms with van der Waals surface area (Å²) in [7, 11) is -0.00562. The number of benzene rings is 1. The first-order valence-electron chi connectivity index (χ1n) is 12.4. The molecule has 4 rings (SSSR count). The van der Waals surface area contributed by atoms with Crippen LogP contribution >= 0.6 is 7.60 Å². The van der Waals surface area contributed by atoms with Gasteiger partial charge in [0.15, 0.2) is 17.3 Å². The van der Waals surface area contributed by atoms with Crippen molar-refractivity contribution in [2.45, 2.75) is 34.0 Å². The molecule has 3 aromatic heterocycles. The van der Waals surface area contributed by atoms with Crippen molar-refractivity contribution in [2.75, 3.05) is 20.3 Å². The number of methoxy groups -OCH3 is 1. The lowest BCUT2D eigenvalue weighted by Crippen LogP contribution is -2.02. The number of ether oxygens (including phenoxy) is 3. The van der Waals surface area contributed by atoms with Crippen LogP contribution in [0.1, 0.15) is 36.4 Å². The van der Waals surface area contributed by atoms with Gasteiger partial charge in [0.25, 0.3) is 5.89 Å². The second kappa shape index (κ2) is 12.8. The van der Waals surface area contributed by atoms with Crippen LogP contribution in [0.25, 0.3) is 17.7 Å². The number of hydrogen-bond acceptors (Lipinski definition) is 10. The van der Waals surface area contributed by atoms with Crippen molar-refractivity contribution in [1.82, 2.24) is 14.8 Å². The Bertz CT molecular complexity index is 1430. The molecule has 0 fully saturated rings. The van der Waals surface area contributed by atoms with Gasteiger partial charge in [0, 0.05) is 19.1 Å². The van der Waals surface area contributed by atoms with Gasteiger partial charge in [-0.05, 0) is 56.7 Å². The first-order chi connectivity index (χ1) is 18.8. The van der Waals surface area contributed by atoms with Crippen LogP contribution < -0.4 is 14.2 Å². The average molecular weight is 558 g/mol. The van der Waals surface area contributed by atoms with E-state index in [1.807, 2.05) is 19.1 Å². The van der Waals surface area contributed by atoms with E-state index in [0.29, 0.717) is 46.0 Å². The van der Waals surface area contributed by atoms with E-state index in [1.54, 1.807) is 69.4 Å². The maximum atomic E-state index is 12.8. The van der Waals surface area contributed by atoms with Crippen LogP contribution in [-0.4, -0.2) is 35.1 Å². The summed E-state index contributed by atoms with van der Waals surface area (Å²) in [4.78, 5) is 4.47. The van der Waals surface area contributed by atoms with Crippen LogP contribution in [0.2, 0.25) is 0 Å². The summed E-state index contributed by atoms with van der Waals surface area (Å²) < 4.78 is 53.5. The van der Waals surface area contributed by atoms with Gasteiger partial charge >= 0.3 is 7.60 Å². The van der Waals surface area contributed by atoms with E-state index in [-0.39, 0.29) is 26.4 Å². The molecule has 12 heteroatoms. The molecule has 0 aliphatic carbocycles. The number of rotatable bonds is 14. The highest BCUT2D eigenvalue weighted by molar-refractivity contribution is 7.57. The zero-order valence-corrected chi connectivity index (χ0v) is 23.5. The minimum atomic E-state index is -3.35. The monoisotopic (exact) mass is 557 g/mol. The predicted molar refractivity (Wildman–Crippen MR) is 144 cm³/mol. The minimum Gasteiger partial charge on any atom is -0.493 e. The largest absolute Gasteiger partial charge is 0.493 e. The molecular weight excluding hydrogens is 525 g/mol. The lowest BCUT2D eigenvalue weighted by Gasteiger charge is -2.13. The Balaban J connectivity index is 1.42. The van der Waals surface area contributed by atoms with Crippen molar-refractivity contribution in [3.8, 4) is 29.0 Å². The summed E-state index contributed by atoms with van der Waals surface area (Å²) in [5.74, 6) is 4.48. The van der Waals surface area contributed by atoms with E-state index < -0.39 is 7.60 Å². The summed E-state index contributed by atoms with van der Waals surface area (Å²) in [5, 5.41) is 4.36. The molecule has 0 atom stereocenters. The van der Waals surface area contributed by atoms with Crippen LogP contribution in [-0.2, 0) is 33.9 Å². The lowest BCUT2D eigenvalue weighted by atomic mass is 10.2. The van der Waals surface area contributed by atoms with Crippen molar-refractivity contribution < 1.29 is 36.7 Å². The molecule has 0 bridgehead atoms. The van der Waals surface area contributed by atoms with Crippen LogP contribution in [0.3, 0.4) is 0 Å². The summed E-state index contributed by atoms with van der Waals surface area (Å²) >= 11 is 0. The molecule has 0 spiro atoms. The standard InChI is InChI=1S/C27H32N3O8P/c1-6-36-39(31,37-7-2)14-12-21-16-30(4)29-26(21)35-17-20-10-11-23(25(15-20)32-5)34-18-22-19(3)38-27(28-22)24-9-8-13-33-24/h8-16H,6-7,17-18H2,1-5H3/b14-12+. The molecule has 3 heterocycles. The van der Waals surface area contributed by atoms with Gasteiger partial charge in [0.1, 0.15) is 24.7 Å². The molecular formula is C27H32N3O8P. The Hall–Kier alpha value is -3.79. The molecule has 1 aromatic carbocycles. The van der Waals surface area contributed by atoms with E-state index >= 15 is 0 Å². The van der Waals surface area contributed by atoms with Crippen molar-refractivity contribution in [1.29, 1.82) is 0 Å². The zero-order valence-electron chi connectivity index (χ0n) is 22.6. The Kier molecular flexibility index (Phi) is 9.29. The molecule has 0 aliphatic rings. The van der Waals surface area contributed by atoms with E-state index in [4.69, 9.17) is 32.1 Å². The highest BCUT2D eigenvalue weighted by Crippen LogP contribution is 2.50. The quantitative estimate of drug-likeness (QED) is 0.162. The molecule has 0 saturated carbocycles. The number of hydrogen-bond donors (Lipinski definition) is 0. The number of aryl methyl sites for hydroxylation is 2. The summed E-state index contributed by atoms with van der Waals surface area (Å²) in [6, 6.07) is 9.06. The average Bonchev–Trinajstić information content (AvgIpc) is 3.66. The molecule has 0 unspecified atom stereocenters. The highest BCUT2D eigenvalue weighted by atomic mass is 31.2. The second-order valence-electron chi connectivity index (χ2n) is 8.32. The van der Waals surface area contributed by atoms with Gasteiger partial charge in [-0.25, -0.2) is 4.98 Å². The topological polar surface area (TPSA) is 120 Å². The number of aromatic nitrogens is 3. The van der Waals surface area contributed by atoms with Gasteiger partial charge in [0.2, 0.25) is 5.88 Å². The van der Waals surface area contributed by atoms with Crippen molar-refractivity contribution in [3.63, 3.8) is 0 Å². The molecule has 0 saturated heterocycles. The molecule has 0 N–H and O–H groups in total. The summed E-state index contributed by atoms with van der Waals surface area (Å²) in [5.41, 5.74) is 2.14. The van der Waals surface area contributed by atoms with Crippen LogP contribution in [0, 0.1) is 6.92 Å². The Morgan fingerprint density at radius 2 is 1.87 bits per heavy atom. The molecule has 39 heavy (non-hydrogen) atoms. The van der Waals surface area contributed by atoms with Gasteiger partial charge in [-0.1, -0.05) is 6.07 Å². The van der Waals surface area contributed by atoms with E-state index in [1.165, 1.54) is 5.82 Å². The van der Waals surface area contributed by atoms with Crippen molar-refractivity contribution in [2.24, 2.45) is 7.05 Å². The number of oxazole rings is 1. The maximum absolute atomic E-state index is 12.8. The SMILES string of the molecule is CCOP(=O)(/C=C/c1cn(C)nc1OCc1ccc(OCc2nc(-c3ccco3)oc2C)c(OC)c1)OCC. The number of furan rings is 1. The van der Waals surface area contributed by atoms with Crippen molar-refractivity contribution in [3.05, 3.63) is 71.2 Å². The third-order valence-electron chi connectivity index (χ3n) is 5.47. The summed E-state index contributed by atoms with van der Waals surface area (Å²) in [6.07, 6.45) is 4.96. The van der Waals surface area contributed by atoms with E-state index in [2.05, 4.69) is 10.1 Å². The van der Waals surface area contributed by atoms with E-state index in [0.717, 1.165) is 5.56 Å². The first-order valence-corrected chi connectivity index (χ1v) is 14.0. The van der Waals surface area contributed by atoms with Gasteiger partial charge in [-0.2, -0.15) is 0 Å². The Morgan fingerprint density at radius 3 is 2.56 bits per heavy atom. The van der Waals surface area contributed by atoms with Crippen LogP contribution in [0.4, 0.5) is 0 Å². The predicted octanol–water partition coefficient (Wildman–Crippen LogP) is 6.38. The first kappa shape index (κ1) is 28.2. The van der Waals surface area contributed by atoms with Gasteiger partial charge < -0.3 is 32.1 Å². The van der Waals surface area contributed by atoms with Crippen LogP contribution in [0.15, 0.2) is 57.4 Å². The van der Waals surface area contributed by atoms with Gasteiger partial charge in [-0.15, -0.1) is 5.10 Å². The second-order valence-corrected chi connectivity index (χ2v) is 10.2. The fourth-order valence-electron chi connectivity index (χ4n) is 3.65. The molecule has 208 valence electrons. The third-order valence-corrected chi connectivity index (χ3v) is 7.22. The Morgan fingerprint density at radius 1 is 1.08 bits per heavy atom. The molecule has 4 aromatic rings. The third kappa shape index (κ3) is 7.20. The van der Waals surface area contributed by atoms with E-state index in [9.17, 15) is 4.57 Å². The molecule has 11 nitrogen and oxygen atoms in total. The maximum Gasteiger partial charge on any atom is 0.354 e. The molecule has 0 aliphatic heterocycles. The lowest BCUT2D eigenvalue weighted by molar-refractivity contribution is 0.229. The number of nitrogens with zero attached hydrogens (tertiary/aromatic N) is 3.